The zero-order valence-electron chi connectivity index (χ0n) is 28.9. The number of rotatable bonds is 11. The molecule has 2 fully saturated rings. The number of pyridine rings is 1. The molecule has 274 valence electrons. The van der Waals surface area contributed by atoms with Gasteiger partial charge < -0.3 is 19.4 Å². The van der Waals surface area contributed by atoms with E-state index < -0.39 is 18.1 Å². The fourth-order valence-electron chi connectivity index (χ4n) is 7.10. The van der Waals surface area contributed by atoms with Gasteiger partial charge in [0.1, 0.15) is 23.8 Å². The molecule has 10 nitrogen and oxygen atoms in total. The van der Waals surface area contributed by atoms with Crippen molar-refractivity contribution in [1.29, 1.82) is 0 Å². The maximum absolute atomic E-state index is 14.2. The van der Waals surface area contributed by atoms with E-state index in [1.165, 1.54) is 12.1 Å². The van der Waals surface area contributed by atoms with Crippen LogP contribution in [0.1, 0.15) is 70.3 Å². The first-order valence-electron chi connectivity index (χ1n) is 17.6. The number of carbonyl (C=O) groups is 1. The Hall–Kier alpha value is -4.98. The highest BCUT2D eigenvalue weighted by Gasteiger charge is 2.27. The average molecular weight is 744 g/mol. The third-order valence-electron chi connectivity index (χ3n) is 10.1. The highest BCUT2D eigenvalue weighted by Crippen LogP contribution is 2.33. The second-order valence-electron chi connectivity index (χ2n) is 13.7. The lowest BCUT2D eigenvalue weighted by atomic mass is 9.93. The lowest BCUT2D eigenvalue weighted by Gasteiger charge is -2.32. The normalized spacial score (nSPS) is 16.8. The molecule has 0 saturated carbocycles. The van der Waals surface area contributed by atoms with E-state index in [0.717, 1.165) is 56.0 Å². The molecule has 6 aromatic rings. The summed E-state index contributed by atoms with van der Waals surface area (Å²) in [6.07, 6.45) is 0.118. The van der Waals surface area contributed by atoms with Crippen LogP contribution in [0.5, 0.6) is 5.88 Å². The van der Waals surface area contributed by atoms with Crippen molar-refractivity contribution < 1.29 is 27.4 Å². The summed E-state index contributed by atoms with van der Waals surface area (Å²) in [4.78, 5) is 25.5. The van der Waals surface area contributed by atoms with Gasteiger partial charge in [0.15, 0.2) is 0 Å². The van der Waals surface area contributed by atoms with Gasteiger partial charge in [0.25, 0.3) is 12.3 Å². The molecule has 3 aromatic carbocycles. The number of halogens is 4. The van der Waals surface area contributed by atoms with Gasteiger partial charge in [0.2, 0.25) is 5.88 Å². The Morgan fingerprint density at radius 3 is 2.66 bits per heavy atom. The van der Waals surface area contributed by atoms with E-state index in [0.29, 0.717) is 51.7 Å². The number of imidazole rings is 1. The minimum absolute atomic E-state index is 0.0567. The molecule has 53 heavy (non-hydrogen) atoms. The topological polar surface area (TPSA) is 110 Å². The zero-order valence-corrected chi connectivity index (χ0v) is 29.7. The van der Waals surface area contributed by atoms with Crippen LogP contribution in [0.3, 0.4) is 0 Å². The van der Waals surface area contributed by atoms with Crippen LogP contribution >= 0.6 is 11.6 Å². The van der Waals surface area contributed by atoms with Gasteiger partial charge in [-0.05, 0) is 87.8 Å². The molecule has 1 amide bonds. The molecule has 2 N–H and O–H groups in total. The highest BCUT2D eigenvalue weighted by molar-refractivity contribution is 6.30. The Labute approximate surface area is 308 Å². The Morgan fingerprint density at radius 1 is 1.08 bits per heavy atom. The van der Waals surface area contributed by atoms with Crippen LogP contribution in [0.4, 0.5) is 18.9 Å². The quantitative estimate of drug-likeness (QED) is 0.137. The van der Waals surface area contributed by atoms with E-state index in [9.17, 15) is 18.0 Å². The number of nitrogens with one attached hydrogen (secondary N) is 2. The number of aryl methyl sites for hydroxylation is 1. The van der Waals surface area contributed by atoms with E-state index in [1.807, 2.05) is 18.2 Å². The molecule has 0 spiro atoms. The predicted octanol–water partition coefficient (Wildman–Crippen LogP) is 8.35. The number of benzene rings is 3. The Bertz CT molecular complexity index is 2300. The number of hydrogen-bond donors (Lipinski definition) is 2. The number of amides is 1. The molecule has 0 radical (unpaired) electrons. The highest BCUT2D eigenvalue weighted by atomic mass is 35.5. The van der Waals surface area contributed by atoms with Crippen molar-refractivity contribution in [2.45, 2.75) is 64.3 Å². The number of carbonyl (C=O) groups excluding carboxylic acids is 1. The van der Waals surface area contributed by atoms with Crippen LogP contribution in [-0.2, 0) is 24.4 Å². The standard InChI is InChI=1S/C39H37ClF3N7O3/c1-22-29-17-27(18-30(38(42)43)37(29)48-47-22)44-39(51)24-6-8-34-33(15-24)45-35(50(34)19-28-11-14-52-28)20-49-12-9-23(10-13-49)32-3-2-4-36(46-32)53-21-25-5-7-26(40)16-31(25)41/h2-8,15-18,23,28,38H,9-14,19-21H2,1H3,(H,44,51)(H,47,48)/t28-/m0/s1. The summed E-state index contributed by atoms with van der Waals surface area (Å²) >= 11 is 5.88. The number of likely N-dealkylation sites (tertiary alicyclic amines) is 1. The number of fused-ring (bicyclic) bond motifs is 2. The van der Waals surface area contributed by atoms with E-state index in [2.05, 4.69) is 25.0 Å². The second kappa shape index (κ2) is 14.8. The molecule has 2 aliphatic rings. The van der Waals surface area contributed by atoms with Crippen LogP contribution in [0.15, 0.2) is 66.7 Å². The Balaban J connectivity index is 0.953. The number of ether oxygens (including phenoxy) is 2. The fourth-order valence-corrected chi connectivity index (χ4v) is 7.26. The number of anilines is 1. The summed E-state index contributed by atoms with van der Waals surface area (Å²) in [6, 6.07) is 18.5. The number of aromatic amines is 1. The molecule has 8 rings (SSSR count). The molecule has 2 aliphatic heterocycles. The van der Waals surface area contributed by atoms with Crippen LogP contribution in [0, 0.1) is 12.7 Å². The summed E-state index contributed by atoms with van der Waals surface area (Å²) in [6.45, 7) is 5.50. The zero-order chi connectivity index (χ0) is 36.6. The molecular weight excluding hydrogens is 707 g/mol. The van der Waals surface area contributed by atoms with Gasteiger partial charge in [0, 0.05) is 62.8 Å². The number of hydrogen-bond acceptors (Lipinski definition) is 7. The molecule has 2 saturated heterocycles. The van der Waals surface area contributed by atoms with Gasteiger partial charge in [0.05, 0.1) is 30.2 Å². The van der Waals surface area contributed by atoms with Crippen LogP contribution < -0.4 is 10.1 Å². The molecule has 5 heterocycles. The Kier molecular flexibility index (Phi) is 9.80. The molecule has 0 unspecified atom stereocenters. The fraction of sp³-hybridized carbons (Fsp3) is 0.333. The molecular formula is C39H37ClF3N7O3. The average Bonchev–Trinajstić information content (AvgIpc) is 3.67. The monoisotopic (exact) mass is 743 g/mol. The van der Waals surface area contributed by atoms with Crippen molar-refractivity contribution in [1.82, 2.24) is 29.6 Å². The summed E-state index contributed by atoms with van der Waals surface area (Å²) < 4.78 is 55.7. The predicted molar refractivity (Wildman–Crippen MR) is 195 cm³/mol. The first kappa shape index (κ1) is 35.1. The summed E-state index contributed by atoms with van der Waals surface area (Å²) in [7, 11) is 0. The molecule has 0 aliphatic carbocycles. The van der Waals surface area contributed by atoms with Gasteiger partial charge in [-0.2, -0.15) is 5.10 Å². The maximum atomic E-state index is 14.2. The lowest BCUT2D eigenvalue weighted by molar-refractivity contribution is -0.0592. The summed E-state index contributed by atoms with van der Waals surface area (Å²) in [5.74, 6) is 0.750. The van der Waals surface area contributed by atoms with Gasteiger partial charge in [-0.15, -0.1) is 0 Å². The molecule has 3 aromatic heterocycles. The summed E-state index contributed by atoms with van der Waals surface area (Å²) in [5.41, 5.74) is 4.15. The Morgan fingerprint density at radius 2 is 1.91 bits per heavy atom. The van der Waals surface area contributed by atoms with Crippen molar-refractivity contribution in [2.75, 3.05) is 25.0 Å². The lowest BCUT2D eigenvalue weighted by Crippen LogP contribution is -2.35. The van der Waals surface area contributed by atoms with E-state index in [4.69, 9.17) is 31.0 Å². The van der Waals surface area contributed by atoms with Crippen molar-refractivity contribution in [3.63, 3.8) is 0 Å². The van der Waals surface area contributed by atoms with E-state index in [-0.39, 0.29) is 35.4 Å². The number of H-pyrrole nitrogens is 1. The number of alkyl halides is 2. The van der Waals surface area contributed by atoms with Crippen molar-refractivity contribution in [3.8, 4) is 5.88 Å². The minimum atomic E-state index is -2.75. The molecule has 14 heteroatoms. The van der Waals surface area contributed by atoms with Crippen molar-refractivity contribution >= 4 is 45.1 Å². The van der Waals surface area contributed by atoms with Crippen LogP contribution in [-0.4, -0.2) is 61.3 Å². The van der Waals surface area contributed by atoms with Crippen molar-refractivity contribution in [3.05, 3.63) is 111 Å². The first-order chi connectivity index (χ1) is 25.7. The molecule has 1 atom stereocenters. The maximum Gasteiger partial charge on any atom is 0.266 e. The summed E-state index contributed by atoms with van der Waals surface area (Å²) in [5, 5.41) is 10.4. The van der Waals surface area contributed by atoms with Gasteiger partial charge in [-0.25, -0.2) is 23.1 Å². The SMILES string of the molecule is Cc1[nH]nc2c(C(F)F)cc(NC(=O)c3ccc4c(c3)nc(CN3CCC(c5cccc(OCc6ccc(Cl)cc6F)n5)CC3)n4C[C@@H]3CCO3)cc12. The second-order valence-corrected chi connectivity index (χ2v) is 14.1. The first-order valence-corrected chi connectivity index (χ1v) is 18.0. The third kappa shape index (κ3) is 7.46. The molecule has 0 bridgehead atoms. The third-order valence-corrected chi connectivity index (χ3v) is 10.4. The van der Waals surface area contributed by atoms with Gasteiger partial charge in [-0.3, -0.25) is 14.8 Å². The largest absolute Gasteiger partial charge is 0.473 e. The number of aromatic nitrogens is 5. The van der Waals surface area contributed by atoms with Gasteiger partial charge >= 0.3 is 0 Å². The minimum Gasteiger partial charge on any atom is -0.473 e. The number of nitrogens with zero attached hydrogens (tertiary/aromatic N) is 5. The number of piperidine rings is 1. The smallest absolute Gasteiger partial charge is 0.266 e. The van der Waals surface area contributed by atoms with Gasteiger partial charge in [-0.1, -0.05) is 23.7 Å². The van der Waals surface area contributed by atoms with E-state index >= 15 is 0 Å². The van der Waals surface area contributed by atoms with Crippen LogP contribution in [0.25, 0.3) is 21.9 Å². The van der Waals surface area contributed by atoms with Crippen LogP contribution in [0.2, 0.25) is 5.02 Å². The van der Waals surface area contributed by atoms with E-state index in [1.54, 1.807) is 43.3 Å². The van der Waals surface area contributed by atoms with Crippen molar-refractivity contribution in [2.24, 2.45) is 0 Å².